The SMILES string of the molecule is O=[N+]([O-])C(c1cccc2ccccc12)([N+](=O)[O-])[N+](=O)[O-]. The van der Waals surface area contributed by atoms with Gasteiger partial charge in [0.1, 0.15) is 0 Å². The van der Waals surface area contributed by atoms with Crippen LogP contribution in [-0.4, -0.2) is 14.8 Å². The Balaban J connectivity index is 2.93. The smallest absolute Gasteiger partial charge is 0.252 e. The Hall–Kier alpha value is -3.10. The zero-order valence-electron chi connectivity index (χ0n) is 9.83. The monoisotopic (exact) mass is 277 g/mol. The van der Waals surface area contributed by atoms with Crippen LogP contribution in [0.4, 0.5) is 0 Å². The van der Waals surface area contributed by atoms with Gasteiger partial charge in [-0.1, -0.05) is 36.4 Å². The van der Waals surface area contributed by atoms with Gasteiger partial charge in [-0.3, -0.25) is 30.3 Å². The molecule has 0 radical (unpaired) electrons. The maximum atomic E-state index is 11.1. The molecule has 2 aromatic rings. The second kappa shape index (κ2) is 4.53. The van der Waals surface area contributed by atoms with Gasteiger partial charge in [-0.25, -0.2) is 0 Å². The van der Waals surface area contributed by atoms with Gasteiger partial charge >= 0.3 is 5.79 Å². The van der Waals surface area contributed by atoms with Gasteiger partial charge in [0.05, 0.1) is 0 Å². The molecular weight excluding hydrogens is 270 g/mol. The van der Waals surface area contributed by atoms with Gasteiger partial charge in [-0.2, -0.15) is 0 Å². The van der Waals surface area contributed by atoms with E-state index in [9.17, 15) is 30.3 Å². The van der Waals surface area contributed by atoms with E-state index >= 15 is 0 Å². The number of benzene rings is 2. The van der Waals surface area contributed by atoms with Gasteiger partial charge in [-0.15, -0.1) is 0 Å². The summed E-state index contributed by atoms with van der Waals surface area (Å²) in [6.07, 6.45) is 0. The molecule has 0 bridgehead atoms. The molecule has 2 rings (SSSR count). The summed E-state index contributed by atoms with van der Waals surface area (Å²) in [6, 6.07) is 9.94. The third-order valence-electron chi connectivity index (χ3n) is 2.91. The first kappa shape index (κ1) is 13.3. The molecule has 0 aliphatic rings. The van der Waals surface area contributed by atoms with Crippen LogP contribution in [0.2, 0.25) is 0 Å². The summed E-state index contributed by atoms with van der Waals surface area (Å²) in [5.74, 6) is -3.61. The molecule has 0 amide bonds. The third kappa shape index (κ3) is 1.64. The molecule has 0 heterocycles. The number of nitrogens with zero attached hydrogens (tertiary/aromatic N) is 3. The molecule has 0 saturated carbocycles. The number of rotatable bonds is 4. The number of hydrogen-bond donors (Lipinski definition) is 0. The minimum absolute atomic E-state index is 0.0973. The summed E-state index contributed by atoms with van der Waals surface area (Å²) in [7, 11) is 0. The van der Waals surface area contributed by atoms with Crippen LogP contribution in [0.5, 0.6) is 0 Å². The lowest BCUT2D eigenvalue weighted by Gasteiger charge is -2.10. The van der Waals surface area contributed by atoms with Crippen molar-refractivity contribution in [2.45, 2.75) is 5.79 Å². The van der Waals surface area contributed by atoms with E-state index in [-0.39, 0.29) is 5.39 Å². The predicted octanol–water partition coefficient (Wildman–Crippen LogP) is 1.78. The van der Waals surface area contributed by atoms with Crippen molar-refractivity contribution >= 4 is 10.8 Å². The second-order valence-corrected chi connectivity index (χ2v) is 3.93. The molecule has 20 heavy (non-hydrogen) atoms. The summed E-state index contributed by atoms with van der Waals surface area (Å²) >= 11 is 0. The number of nitro groups is 3. The van der Waals surface area contributed by atoms with Crippen LogP contribution >= 0.6 is 0 Å². The molecule has 9 heteroatoms. The van der Waals surface area contributed by atoms with Crippen molar-refractivity contribution in [3.8, 4) is 0 Å². The molecule has 0 aliphatic heterocycles. The first-order chi connectivity index (χ1) is 9.42. The average molecular weight is 277 g/mol. The Morgan fingerprint density at radius 3 is 1.80 bits per heavy atom. The fourth-order valence-electron chi connectivity index (χ4n) is 2.01. The lowest BCUT2D eigenvalue weighted by molar-refractivity contribution is -0.985. The number of hydrogen-bond acceptors (Lipinski definition) is 6. The molecule has 0 saturated heterocycles. The van der Waals surface area contributed by atoms with Crippen molar-refractivity contribution in [3.63, 3.8) is 0 Å². The van der Waals surface area contributed by atoms with Crippen molar-refractivity contribution in [2.24, 2.45) is 0 Å². The van der Waals surface area contributed by atoms with Crippen LogP contribution in [-0.2, 0) is 5.79 Å². The highest BCUT2D eigenvalue weighted by Crippen LogP contribution is 2.32. The van der Waals surface area contributed by atoms with E-state index in [1.165, 1.54) is 18.2 Å². The molecule has 0 aliphatic carbocycles. The summed E-state index contributed by atoms with van der Waals surface area (Å²) in [5.41, 5.74) is -0.574. The largest absolute Gasteiger partial charge is 0.729 e. The summed E-state index contributed by atoms with van der Waals surface area (Å²) < 4.78 is 0. The van der Waals surface area contributed by atoms with Crippen molar-refractivity contribution in [1.82, 2.24) is 0 Å². The van der Waals surface area contributed by atoms with Crippen LogP contribution in [0.15, 0.2) is 42.5 Å². The van der Waals surface area contributed by atoms with E-state index in [1.54, 1.807) is 18.2 Å². The molecule has 2 aromatic carbocycles. The summed E-state index contributed by atoms with van der Waals surface area (Å²) in [5, 5.41) is 33.8. The highest BCUT2D eigenvalue weighted by molar-refractivity contribution is 5.86. The zero-order valence-corrected chi connectivity index (χ0v) is 9.83. The predicted molar refractivity (Wildman–Crippen MR) is 66.6 cm³/mol. The lowest BCUT2D eigenvalue weighted by atomic mass is 10.00. The van der Waals surface area contributed by atoms with Crippen molar-refractivity contribution < 1.29 is 14.8 Å². The Kier molecular flexibility index (Phi) is 3.02. The van der Waals surface area contributed by atoms with Gasteiger partial charge in [0.15, 0.2) is 14.8 Å². The Bertz CT molecular complexity index is 688. The van der Waals surface area contributed by atoms with Crippen LogP contribution in [0, 0.1) is 30.3 Å². The van der Waals surface area contributed by atoms with Gasteiger partial charge in [0.25, 0.3) is 0 Å². The fourth-order valence-corrected chi connectivity index (χ4v) is 2.01. The standard InChI is InChI=1S/C11H7N3O6/c15-12(16)11(13(17)18,14(19)20)10-7-3-5-8-4-1-2-6-9(8)10/h1-7H. The van der Waals surface area contributed by atoms with E-state index in [1.807, 2.05) is 0 Å². The quantitative estimate of drug-likeness (QED) is 0.475. The van der Waals surface area contributed by atoms with E-state index < -0.39 is 26.1 Å². The molecule has 102 valence electrons. The van der Waals surface area contributed by atoms with E-state index in [0.717, 1.165) is 6.07 Å². The normalized spacial score (nSPS) is 11.2. The fraction of sp³-hybridized carbons (Fsp3) is 0.0909. The minimum atomic E-state index is -3.61. The molecule has 0 aromatic heterocycles. The van der Waals surface area contributed by atoms with E-state index in [0.29, 0.717) is 5.39 Å². The van der Waals surface area contributed by atoms with E-state index in [2.05, 4.69) is 0 Å². The van der Waals surface area contributed by atoms with Crippen LogP contribution in [0.25, 0.3) is 10.8 Å². The molecule has 0 atom stereocenters. The lowest BCUT2D eigenvalue weighted by Crippen LogP contribution is -2.50. The molecule has 0 spiro atoms. The van der Waals surface area contributed by atoms with Crippen molar-refractivity contribution in [1.29, 1.82) is 0 Å². The number of fused-ring (bicyclic) bond motifs is 1. The topological polar surface area (TPSA) is 129 Å². The highest BCUT2D eigenvalue weighted by atomic mass is 16.7. The van der Waals surface area contributed by atoms with Crippen LogP contribution < -0.4 is 0 Å². The maximum Gasteiger partial charge on any atom is 0.729 e. The Morgan fingerprint density at radius 1 is 0.750 bits per heavy atom. The minimum Gasteiger partial charge on any atom is -0.252 e. The first-order valence-electron chi connectivity index (χ1n) is 5.34. The van der Waals surface area contributed by atoms with Gasteiger partial charge < -0.3 is 0 Å². The zero-order chi connectivity index (χ0) is 14.9. The molecule has 0 unspecified atom stereocenters. The van der Waals surface area contributed by atoms with E-state index in [4.69, 9.17) is 0 Å². The maximum absolute atomic E-state index is 11.1. The van der Waals surface area contributed by atoms with Gasteiger partial charge in [0.2, 0.25) is 5.56 Å². The Labute approximate surface area is 110 Å². The summed E-state index contributed by atoms with van der Waals surface area (Å²) in [6.45, 7) is 0. The van der Waals surface area contributed by atoms with Crippen molar-refractivity contribution in [2.75, 3.05) is 0 Å². The highest BCUT2D eigenvalue weighted by Gasteiger charge is 2.73. The van der Waals surface area contributed by atoms with Gasteiger partial charge in [0, 0.05) is 5.39 Å². The van der Waals surface area contributed by atoms with Crippen LogP contribution in [0.3, 0.4) is 0 Å². The van der Waals surface area contributed by atoms with Crippen LogP contribution in [0.1, 0.15) is 5.56 Å². The summed E-state index contributed by atoms with van der Waals surface area (Å²) in [4.78, 5) is 28.7. The second-order valence-electron chi connectivity index (χ2n) is 3.93. The van der Waals surface area contributed by atoms with Gasteiger partial charge in [-0.05, 0) is 11.5 Å². The molecule has 9 nitrogen and oxygen atoms in total. The Morgan fingerprint density at radius 2 is 1.25 bits per heavy atom. The average Bonchev–Trinajstić information content (AvgIpc) is 2.38. The first-order valence-corrected chi connectivity index (χ1v) is 5.34. The molecule has 0 N–H and O–H groups in total. The third-order valence-corrected chi connectivity index (χ3v) is 2.91. The van der Waals surface area contributed by atoms with Crippen molar-refractivity contribution in [3.05, 3.63) is 78.4 Å². The molecular formula is C11H7N3O6. The molecule has 0 fully saturated rings.